The van der Waals surface area contributed by atoms with Gasteiger partial charge in [0, 0.05) is 5.57 Å². The molecule has 142 valence electrons. The zero-order chi connectivity index (χ0) is 19.5. The summed E-state index contributed by atoms with van der Waals surface area (Å²) in [5.41, 5.74) is 2.45. The molecule has 29 heavy (non-hydrogen) atoms. The van der Waals surface area contributed by atoms with Crippen LogP contribution in [-0.2, 0) is 4.74 Å². The maximum atomic E-state index is 6.12. The maximum Gasteiger partial charge on any atom is 0.213 e. The van der Waals surface area contributed by atoms with Crippen molar-refractivity contribution in [2.45, 2.75) is 12.5 Å². The van der Waals surface area contributed by atoms with Crippen LogP contribution in [0.3, 0.4) is 0 Å². The van der Waals surface area contributed by atoms with Crippen molar-refractivity contribution in [1.82, 2.24) is 0 Å². The Morgan fingerprint density at radius 3 is 1.97 bits per heavy atom. The number of nitrogens with zero attached hydrogens (tertiary/aromatic N) is 1. The summed E-state index contributed by atoms with van der Waals surface area (Å²) in [5, 5.41) is 4.06. The molecule has 0 saturated heterocycles. The first-order valence-electron chi connectivity index (χ1n) is 9.96. The number of benzene rings is 3. The zero-order valence-corrected chi connectivity index (χ0v) is 17.0. The summed E-state index contributed by atoms with van der Waals surface area (Å²) < 4.78 is 6.12. The van der Waals surface area contributed by atoms with Crippen LogP contribution in [0.25, 0.3) is 0 Å². The van der Waals surface area contributed by atoms with Gasteiger partial charge in [-0.25, -0.2) is 4.99 Å². The van der Waals surface area contributed by atoms with Crippen molar-refractivity contribution >= 4 is 24.4 Å². The lowest BCUT2D eigenvalue weighted by Gasteiger charge is -2.21. The SMILES string of the molecule is C1=CC(P(c2ccccc2)c2ccccc2)=C(C2=N[C@@H](c3ccccc3)CO2)C1. The van der Waals surface area contributed by atoms with Gasteiger partial charge in [0.15, 0.2) is 0 Å². The Bertz CT molecular complexity index is 1030. The Hall–Kier alpha value is -2.96. The zero-order valence-electron chi connectivity index (χ0n) is 16.1. The van der Waals surface area contributed by atoms with E-state index in [1.807, 2.05) is 6.07 Å². The fourth-order valence-corrected chi connectivity index (χ4v) is 6.37. The third kappa shape index (κ3) is 3.69. The predicted octanol–water partition coefficient (Wildman–Crippen LogP) is 5.50. The molecule has 0 saturated carbocycles. The number of hydrogen-bond acceptors (Lipinski definition) is 2. The molecule has 3 aromatic rings. The van der Waals surface area contributed by atoms with E-state index < -0.39 is 7.92 Å². The van der Waals surface area contributed by atoms with Crippen LogP contribution in [0.2, 0.25) is 0 Å². The molecule has 0 bridgehead atoms. The van der Waals surface area contributed by atoms with Gasteiger partial charge in [-0.3, -0.25) is 0 Å². The molecule has 0 spiro atoms. The quantitative estimate of drug-likeness (QED) is 0.523. The molecule has 2 aliphatic rings. The van der Waals surface area contributed by atoms with Crippen LogP contribution in [0.15, 0.2) is 119 Å². The second-order valence-corrected chi connectivity index (χ2v) is 9.33. The van der Waals surface area contributed by atoms with Gasteiger partial charge in [0.2, 0.25) is 5.90 Å². The number of ether oxygens (including phenoxy) is 1. The second-order valence-electron chi connectivity index (χ2n) is 7.15. The van der Waals surface area contributed by atoms with Crippen LogP contribution in [0, 0.1) is 0 Å². The van der Waals surface area contributed by atoms with Crippen molar-refractivity contribution < 1.29 is 4.74 Å². The Morgan fingerprint density at radius 1 is 0.759 bits per heavy atom. The topological polar surface area (TPSA) is 21.6 Å². The summed E-state index contributed by atoms with van der Waals surface area (Å²) in [6.07, 6.45) is 5.41. The lowest BCUT2D eigenvalue weighted by molar-refractivity contribution is 0.319. The van der Waals surface area contributed by atoms with E-state index >= 15 is 0 Å². The van der Waals surface area contributed by atoms with Gasteiger partial charge in [-0.2, -0.15) is 0 Å². The highest BCUT2D eigenvalue weighted by atomic mass is 31.1. The highest BCUT2D eigenvalue weighted by Crippen LogP contribution is 2.48. The molecular weight excluding hydrogens is 373 g/mol. The van der Waals surface area contributed by atoms with Crippen molar-refractivity contribution in [2.75, 3.05) is 6.61 Å². The van der Waals surface area contributed by atoms with E-state index in [-0.39, 0.29) is 6.04 Å². The number of rotatable bonds is 5. The maximum absolute atomic E-state index is 6.12. The molecule has 0 amide bonds. The summed E-state index contributed by atoms with van der Waals surface area (Å²) in [7, 11) is -0.644. The smallest absolute Gasteiger partial charge is 0.213 e. The van der Waals surface area contributed by atoms with Gasteiger partial charge in [-0.1, -0.05) is 103 Å². The van der Waals surface area contributed by atoms with Gasteiger partial charge in [0.1, 0.15) is 12.6 Å². The van der Waals surface area contributed by atoms with Crippen molar-refractivity contribution in [1.29, 1.82) is 0 Å². The molecule has 0 aromatic heterocycles. The predicted molar refractivity (Wildman–Crippen MR) is 122 cm³/mol. The summed E-state index contributed by atoms with van der Waals surface area (Å²) in [5.74, 6) is 0.818. The van der Waals surface area contributed by atoms with Crippen molar-refractivity contribution in [2.24, 2.45) is 4.99 Å². The van der Waals surface area contributed by atoms with E-state index in [0.717, 1.165) is 12.3 Å². The molecule has 0 unspecified atom stereocenters. The first-order chi connectivity index (χ1) is 14.4. The monoisotopic (exact) mass is 395 g/mol. The number of hydrogen-bond donors (Lipinski definition) is 0. The van der Waals surface area contributed by atoms with Gasteiger partial charge in [-0.05, 0) is 35.8 Å². The minimum absolute atomic E-state index is 0.0835. The van der Waals surface area contributed by atoms with E-state index in [2.05, 4.69) is 97.1 Å². The van der Waals surface area contributed by atoms with E-state index in [0.29, 0.717) is 6.61 Å². The van der Waals surface area contributed by atoms with E-state index in [4.69, 9.17) is 9.73 Å². The molecular formula is C26H22NOP. The minimum atomic E-state index is -0.644. The van der Waals surface area contributed by atoms with E-state index in [1.54, 1.807) is 0 Å². The van der Waals surface area contributed by atoms with Crippen LogP contribution in [0.4, 0.5) is 0 Å². The first kappa shape index (κ1) is 18.1. The summed E-state index contributed by atoms with van der Waals surface area (Å²) in [6, 6.07) is 32.1. The highest BCUT2D eigenvalue weighted by molar-refractivity contribution is 7.77. The van der Waals surface area contributed by atoms with Gasteiger partial charge in [0.25, 0.3) is 0 Å². The lowest BCUT2D eigenvalue weighted by Crippen LogP contribution is -2.14. The molecule has 1 heterocycles. The minimum Gasteiger partial charge on any atom is -0.475 e. The summed E-state index contributed by atoms with van der Waals surface area (Å²) in [6.45, 7) is 0.616. The number of aliphatic imine (C=N–C) groups is 1. The van der Waals surface area contributed by atoms with Crippen molar-refractivity contribution in [3.8, 4) is 0 Å². The lowest BCUT2D eigenvalue weighted by atomic mass is 10.1. The largest absolute Gasteiger partial charge is 0.475 e. The Labute approximate surface area is 173 Å². The third-order valence-electron chi connectivity index (χ3n) is 5.27. The fourth-order valence-electron chi connectivity index (χ4n) is 3.87. The molecule has 0 fully saturated rings. The normalized spacial score (nSPS) is 18.2. The van der Waals surface area contributed by atoms with Gasteiger partial charge in [-0.15, -0.1) is 0 Å². The summed E-state index contributed by atoms with van der Waals surface area (Å²) >= 11 is 0. The Balaban J connectivity index is 1.57. The highest BCUT2D eigenvalue weighted by Gasteiger charge is 2.29. The molecule has 1 aliphatic carbocycles. The molecule has 1 aliphatic heterocycles. The van der Waals surface area contributed by atoms with Crippen LogP contribution in [0.1, 0.15) is 18.0 Å². The van der Waals surface area contributed by atoms with E-state index in [1.165, 1.54) is 27.1 Å². The van der Waals surface area contributed by atoms with Crippen LogP contribution < -0.4 is 10.6 Å². The number of allylic oxidation sites excluding steroid dienone is 3. The molecule has 2 nitrogen and oxygen atoms in total. The Morgan fingerprint density at radius 2 is 1.34 bits per heavy atom. The molecule has 3 aromatic carbocycles. The fraction of sp³-hybridized carbons (Fsp3) is 0.115. The first-order valence-corrected chi connectivity index (χ1v) is 11.3. The van der Waals surface area contributed by atoms with E-state index in [9.17, 15) is 0 Å². The van der Waals surface area contributed by atoms with Crippen LogP contribution in [-0.4, -0.2) is 12.5 Å². The Kier molecular flexibility index (Phi) is 5.11. The molecule has 3 heteroatoms. The molecule has 0 radical (unpaired) electrons. The standard InChI is InChI=1S/C26H22NOP/c1-4-11-20(12-5-1)24-19-28-26(27-24)23-17-10-18-25(23)29(21-13-6-2-7-14-21)22-15-8-3-9-16-22/h1-16,18,24H,17,19H2/t24-/m1/s1. The molecule has 0 N–H and O–H groups in total. The van der Waals surface area contributed by atoms with Crippen molar-refractivity contribution in [3.63, 3.8) is 0 Å². The third-order valence-corrected chi connectivity index (χ3v) is 7.80. The second kappa shape index (κ2) is 8.19. The molecule has 1 atom stereocenters. The average Bonchev–Trinajstić information content (AvgIpc) is 3.46. The van der Waals surface area contributed by atoms with Crippen LogP contribution in [0.5, 0.6) is 0 Å². The van der Waals surface area contributed by atoms with Crippen LogP contribution >= 0.6 is 7.92 Å². The summed E-state index contributed by atoms with van der Waals surface area (Å²) in [4.78, 5) is 4.97. The van der Waals surface area contributed by atoms with Gasteiger partial charge in [0.05, 0.1) is 0 Å². The van der Waals surface area contributed by atoms with Gasteiger partial charge < -0.3 is 4.74 Å². The van der Waals surface area contributed by atoms with Crippen molar-refractivity contribution in [3.05, 3.63) is 120 Å². The average molecular weight is 395 g/mol. The molecule has 5 rings (SSSR count). The van der Waals surface area contributed by atoms with Gasteiger partial charge >= 0.3 is 0 Å².